The first-order valence-electron chi connectivity index (χ1n) is 14.4. The van der Waals surface area contributed by atoms with Gasteiger partial charge in [0.05, 0.1) is 14.2 Å². The van der Waals surface area contributed by atoms with Gasteiger partial charge in [0.2, 0.25) is 5.75 Å². The summed E-state index contributed by atoms with van der Waals surface area (Å²) in [6.45, 7) is 1.61. The van der Waals surface area contributed by atoms with Gasteiger partial charge < -0.3 is 39.8 Å². The Labute approximate surface area is 244 Å². The van der Waals surface area contributed by atoms with Crippen LogP contribution in [-0.4, -0.2) is 37.5 Å². The number of hydrogen-bond donors (Lipinski definition) is 4. The maximum Gasteiger partial charge on any atom is 0.201 e. The Morgan fingerprint density at radius 3 is 2.19 bits per heavy atom. The number of ether oxygens (including phenoxy) is 4. The van der Waals surface area contributed by atoms with Crippen molar-refractivity contribution in [3.63, 3.8) is 0 Å². The largest absolute Gasteiger partial charge is 0.504 e. The third-order valence-corrected chi connectivity index (χ3v) is 8.55. The molecule has 216 valence electrons. The van der Waals surface area contributed by atoms with Crippen LogP contribution in [0.15, 0.2) is 60.7 Å². The summed E-state index contributed by atoms with van der Waals surface area (Å²) in [4.78, 5) is 0. The van der Waals surface area contributed by atoms with Crippen LogP contribution >= 0.6 is 0 Å². The fraction of sp³-hybridized carbons (Fsp3) is 0.294. The van der Waals surface area contributed by atoms with Crippen LogP contribution in [0.3, 0.4) is 0 Å². The van der Waals surface area contributed by atoms with Gasteiger partial charge in [-0.1, -0.05) is 18.2 Å². The molecule has 8 nitrogen and oxygen atoms in total. The van der Waals surface area contributed by atoms with Crippen LogP contribution in [-0.2, 0) is 25.7 Å². The highest BCUT2D eigenvalue weighted by Gasteiger charge is 2.31. The molecule has 4 N–H and O–H groups in total. The third kappa shape index (κ3) is 4.76. The number of methoxy groups -OCH3 is 2. The summed E-state index contributed by atoms with van der Waals surface area (Å²) in [5.74, 6) is 2.95. The van der Waals surface area contributed by atoms with E-state index in [-0.39, 0.29) is 23.6 Å². The van der Waals surface area contributed by atoms with E-state index in [0.29, 0.717) is 40.9 Å². The van der Waals surface area contributed by atoms with E-state index in [1.54, 1.807) is 20.3 Å². The molecule has 4 aliphatic heterocycles. The molecule has 6 bridgehead atoms. The van der Waals surface area contributed by atoms with Gasteiger partial charge in [0.1, 0.15) is 5.75 Å². The predicted octanol–water partition coefficient (Wildman–Crippen LogP) is 5.87. The van der Waals surface area contributed by atoms with E-state index in [1.807, 2.05) is 30.3 Å². The third-order valence-electron chi connectivity index (χ3n) is 8.55. The van der Waals surface area contributed by atoms with Gasteiger partial charge in [0.15, 0.2) is 34.5 Å². The van der Waals surface area contributed by atoms with Gasteiger partial charge in [0.25, 0.3) is 0 Å². The quantitative estimate of drug-likeness (QED) is 0.239. The lowest BCUT2D eigenvalue weighted by molar-refractivity contribution is 0.334. The highest BCUT2D eigenvalue weighted by molar-refractivity contribution is 5.63. The molecule has 4 heterocycles. The molecule has 8 rings (SSSR count). The van der Waals surface area contributed by atoms with Gasteiger partial charge in [-0.2, -0.15) is 0 Å². The predicted molar refractivity (Wildman–Crippen MR) is 159 cm³/mol. The minimum absolute atomic E-state index is 0.0527. The van der Waals surface area contributed by atoms with Crippen molar-refractivity contribution in [1.29, 1.82) is 0 Å². The van der Waals surface area contributed by atoms with Crippen LogP contribution in [0.2, 0.25) is 0 Å². The van der Waals surface area contributed by atoms with E-state index in [4.69, 9.17) is 18.9 Å². The summed E-state index contributed by atoms with van der Waals surface area (Å²) in [5, 5.41) is 29.3. The highest BCUT2D eigenvalue weighted by atomic mass is 16.5. The zero-order valence-corrected chi connectivity index (χ0v) is 23.7. The number of nitrogens with one attached hydrogen (secondary N) is 2. The first-order valence-corrected chi connectivity index (χ1v) is 14.4. The zero-order valence-electron chi connectivity index (χ0n) is 23.7. The summed E-state index contributed by atoms with van der Waals surface area (Å²) < 4.78 is 24.2. The summed E-state index contributed by atoms with van der Waals surface area (Å²) in [6, 6.07) is 19.3. The van der Waals surface area contributed by atoms with Crippen LogP contribution in [0.5, 0.6) is 46.0 Å². The lowest BCUT2D eigenvalue weighted by Crippen LogP contribution is -2.32. The SMILES string of the molecule is COc1cc2c3cc1Oc1c(O)c(OC)cc4c1C(Cc1ccc(O)c(c1)Oc1ccc(cc1)CC3NCC2)NCC4. The van der Waals surface area contributed by atoms with Crippen LogP contribution < -0.4 is 29.6 Å². The molecule has 0 fully saturated rings. The molecule has 0 amide bonds. The number of hydrogen-bond acceptors (Lipinski definition) is 8. The molecule has 2 unspecified atom stereocenters. The Balaban J connectivity index is 1.43. The standard InChI is InChI=1S/C34H34N2O6/c1-39-29-16-21-9-11-35-25-13-19-3-6-23(7-4-19)41-28-15-20(5-8-27(28)37)14-26-32-22(10-12-36-26)17-31(40-2)33(38)34(32)42-30(29)18-24(21)25/h3-8,15-18,25-26,35-38H,9-14H2,1-2H3. The summed E-state index contributed by atoms with van der Waals surface area (Å²) in [7, 11) is 3.19. The van der Waals surface area contributed by atoms with E-state index in [1.165, 1.54) is 5.56 Å². The molecule has 0 spiro atoms. The molecule has 2 atom stereocenters. The smallest absolute Gasteiger partial charge is 0.201 e. The Kier molecular flexibility index (Phi) is 6.80. The lowest BCUT2D eigenvalue weighted by atomic mass is 9.88. The monoisotopic (exact) mass is 566 g/mol. The van der Waals surface area contributed by atoms with Crippen LogP contribution in [0.25, 0.3) is 0 Å². The Morgan fingerprint density at radius 2 is 1.40 bits per heavy atom. The summed E-state index contributed by atoms with van der Waals surface area (Å²) in [5.41, 5.74) is 6.39. The van der Waals surface area contributed by atoms with Crippen molar-refractivity contribution < 1.29 is 29.2 Å². The van der Waals surface area contributed by atoms with Gasteiger partial charge >= 0.3 is 0 Å². The minimum atomic E-state index is -0.172. The maximum absolute atomic E-state index is 11.5. The second-order valence-corrected chi connectivity index (χ2v) is 11.1. The molecule has 0 saturated heterocycles. The van der Waals surface area contributed by atoms with E-state index in [9.17, 15) is 10.2 Å². The summed E-state index contributed by atoms with van der Waals surface area (Å²) in [6.07, 6.45) is 2.98. The molecule has 42 heavy (non-hydrogen) atoms. The molecule has 0 saturated carbocycles. The Bertz CT molecular complexity index is 1650. The average Bonchev–Trinajstić information content (AvgIpc) is 3.00. The number of rotatable bonds is 2. The number of fused-ring (bicyclic) bond motifs is 2. The molecule has 0 aromatic heterocycles. The second kappa shape index (κ2) is 10.8. The molecular formula is C34H34N2O6. The number of benzene rings is 4. The highest BCUT2D eigenvalue weighted by Crippen LogP contribution is 2.50. The molecule has 0 aliphatic carbocycles. The Morgan fingerprint density at radius 1 is 0.714 bits per heavy atom. The first kappa shape index (κ1) is 26.5. The van der Waals surface area contributed by atoms with E-state index >= 15 is 0 Å². The Hall–Kier alpha value is -4.40. The molecular weight excluding hydrogens is 532 g/mol. The van der Waals surface area contributed by atoms with Crippen LogP contribution in [0.1, 0.15) is 45.5 Å². The van der Waals surface area contributed by atoms with Crippen molar-refractivity contribution >= 4 is 0 Å². The molecule has 4 aromatic rings. The summed E-state index contributed by atoms with van der Waals surface area (Å²) >= 11 is 0. The second-order valence-electron chi connectivity index (χ2n) is 11.1. The van der Waals surface area contributed by atoms with Crippen molar-refractivity contribution in [3.05, 3.63) is 94.0 Å². The van der Waals surface area contributed by atoms with Crippen molar-refractivity contribution in [2.75, 3.05) is 27.3 Å². The number of aromatic hydroxyl groups is 2. The van der Waals surface area contributed by atoms with Crippen LogP contribution in [0.4, 0.5) is 0 Å². The van der Waals surface area contributed by atoms with Crippen molar-refractivity contribution in [2.24, 2.45) is 0 Å². The molecule has 4 aliphatic rings. The van der Waals surface area contributed by atoms with Crippen molar-refractivity contribution in [2.45, 2.75) is 37.8 Å². The average molecular weight is 567 g/mol. The number of phenolic OH excluding ortho intramolecular Hbond substituents is 2. The fourth-order valence-electron chi connectivity index (χ4n) is 6.44. The van der Waals surface area contributed by atoms with E-state index in [0.717, 1.165) is 60.2 Å². The maximum atomic E-state index is 11.5. The molecule has 4 aromatic carbocycles. The lowest BCUT2D eigenvalue weighted by Gasteiger charge is -2.31. The molecule has 0 radical (unpaired) electrons. The van der Waals surface area contributed by atoms with Crippen molar-refractivity contribution in [3.8, 4) is 46.0 Å². The van der Waals surface area contributed by atoms with Crippen LogP contribution in [0, 0.1) is 0 Å². The van der Waals surface area contributed by atoms with Gasteiger partial charge in [-0.25, -0.2) is 0 Å². The van der Waals surface area contributed by atoms with E-state index < -0.39 is 0 Å². The van der Waals surface area contributed by atoms with Gasteiger partial charge in [-0.15, -0.1) is 0 Å². The zero-order chi connectivity index (χ0) is 28.8. The van der Waals surface area contributed by atoms with Gasteiger partial charge in [0, 0.05) is 17.6 Å². The molecule has 8 heteroatoms. The van der Waals surface area contributed by atoms with E-state index in [2.05, 4.69) is 34.9 Å². The van der Waals surface area contributed by atoms with Crippen molar-refractivity contribution in [1.82, 2.24) is 10.6 Å². The van der Waals surface area contributed by atoms with Gasteiger partial charge in [-0.05, 0) is 109 Å². The van der Waals surface area contributed by atoms with Gasteiger partial charge in [-0.3, -0.25) is 0 Å². The normalized spacial score (nSPS) is 19.0. The minimum Gasteiger partial charge on any atom is -0.504 e. The fourth-order valence-corrected chi connectivity index (χ4v) is 6.44. The first-order chi connectivity index (χ1) is 20.5. The topological polar surface area (TPSA) is 101 Å². The number of phenols is 2.